The Morgan fingerprint density at radius 1 is 0.930 bits per heavy atom. The molecule has 0 bridgehead atoms. The van der Waals surface area contributed by atoms with Gasteiger partial charge in [-0.25, -0.2) is 19.3 Å². The highest BCUT2D eigenvalue weighted by molar-refractivity contribution is 5.99. The number of urea groups is 1. The molecule has 3 amide bonds. The van der Waals surface area contributed by atoms with Gasteiger partial charge in [-0.2, -0.15) is 5.10 Å². The molecule has 0 atom stereocenters. The lowest BCUT2D eigenvalue weighted by Gasteiger charge is -2.36. The van der Waals surface area contributed by atoms with Crippen molar-refractivity contribution in [2.75, 3.05) is 41.7 Å². The van der Waals surface area contributed by atoms with Gasteiger partial charge in [0.15, 0.2) is 0 Å². The molecule has 10 nitrogen and oxygen atoms in total. The van der Waals surface area contributed by atoms with Crippen LogP contribution in [0.5, 0.6) is 0 Å². The van der Waals surface area contributed by atoms with Crippen LogP contribution in [0.2, 0.25) is 0 Å². The number of hydrogen-bond donors (Lipinski definition) is 2. The van der Waals surface area contributed by atoms with Gasteiger partial charge < -0.3 is 19.9 Å². The van der Waals surface area contributed by atoms with Crippen LogP contribution in [-0.2, 0) is 10.2 Å². The normalized spacial score (nSPS) is 17.0. The van der Waals surface area contributed by atoms with Crippen molar-refractivity contribution >= 4 is 29.4 Å². The maximum atomic E-state index is 13.2. The van der Waals surface area contributed by atoms with E-state index in [0.29, 0.717) is 37.7 Å². The summed E-state index contributed by atoms with van der Waals surface area (Å²) in [5.41, 5.74) is 4.11. The van der Waals surface area contributed by atoms with Gasteiger partial charge in [0, 0.05) is 37.7 Å². The summed E-state index contributed by atoms with van der Waals surface area (Å²) in [6, 6.07) is 11.7. The van der Waals surface area contributed by atoms with E-state index in [1.165, 1.54) is 24.8 Å². The van der Waals surface area contributed by atoms with Crippen molar-refractivity contribution in [2.24, 2.45) is 0 Å². The lowest BCUT2D eigenvalue weighted by atomic mass is 9.73. The average molecular weight is 588 g/mol. The fraction of sp³-hybridized carbons (Fsp3) is 0.515. The monoisotopic (exact) mass is 587 g/mol. The van der Waals surface area contributed by atoms with Crippen LogP contribution in [0.15, 0.2) is 42.6 Å². The SMILES string of the molecule is Cc1ccc(-n2nc(C3(C)CCCCC3)cc2NC(=O)Nc2cnc(N3CCN(C(=O)OC(C)(C)C)CC3)c(C)c2)cc1. The molecule has 1 aliphatic carbocycles. The van der Waals surface area contributed by atoms with Crippen LogP contribution in [0.3, 0.4) is 0 Å². The Bertz CT molecular complexity index is 1440. The van der Waals surface area contributed by atoms with Crippen molar-refractivity contribution in [3.63, 3.8) is 0 Å². The Kier molecular flexibility index (Phi) is 8.66. The summed E-state index contributed by atoms with van der Waals surface area (Å²) in [4.78, 5) is 34.2. The largest absolute Gasteiger partial charge is 0.444 e. The smallest absolute Gasteiger partial charge is 0.410 e. The molecule has 5 rings (SSSR count). The summed E-state index contributed by atoms with van der Waals surface area (Å²) in [6.45, 7) is 14.4. The van der Waals surface area contributed by atoms with Crippen molar-refractivity contribution in [3.05, 3.63) is 59.4 Å². The minimum absolute atomic E-state index is 0.00362. The number of anilines is 3. The summed E-state index contributed by atoms with van der Waals surface area (Å²) < 4.78 is 7.34. The number of carbonyl (C=O) groups excluding carboxylic acids is 2. The first-order chi connectivity index (χ1) is 20.4. The zero-order valence-corrected chi connectivity index (χ0v) is 26.4. The van der Waals surface area contributed by atoms with Crippen LogP contribution in [0.4, 0.5) is 26.9 Å². The highest BCUT2D eigenvalue weighted by atomic mass is 16.6. The van der Waals surface area contributed by atoms with Crippen LogP contribution in [0.1, 0.15) is 76.6 Å². The molecule has 10 heteroatoms. The highest BCUT2D eigenvalue weighted by Gasteiger charge is 2.33. The Morgan fingerprint density at radius 3 is 2.23 bits per heavy atom. The second kappa shape index (κ2) is 12.3. The van der Waals surface area contributed by atoms with E-state index in [-0.39, 0.29) is 17.5 Å². The fourth-order valence-electron chi connectivity index (χ4n) is 5.91. The topological polar surface area (TPSA) is 105 Å². The third-order valence-electron chi connectivity index (χ3n) is 8.34. The fourth-order valence-corrected chi connectivity index (χ4v) is 5.91. The second-order valence-corrected chi connectivity index (χ2v) is 13.2. The summed E-state index contributed by atoms with van der Waals surface area (Å²) >= 11 is 0. The summed E-state index contributed by atoms with van der Waals surface area (Å²) in [7, 11) is 0. The third-order valence-corrected chi connectivity index (χ3v) is 8.34. The van der Waals surface area contributed by atoms with E-state index < -0.39 is 5.60 Å². The Labute approximate surface area is 254 Å². The lowest BCUT2D eigenvalue weighted by Crippen LogP contribution is -2.50. The van der Waals surface area contributed by atoms with Crippen molar-refractivity contribution in [1.29, 1.82) is 0 Å². The van der Waals surface area contributed by atoms with Gasteiger partial charge >= 0.3 is 12.1 Å². The lowest BCUT2D eigenvalue weighted by molar-refractivity contribution is 0.0240. The number of carbonyl (C=O) groups is 2. The van der Waals surface area contributed by atoms with Crippen molar-refractivity contribution < 1.29 is 14.3 Å². The van der Waals surface area contributed by atoms with E-state index in [1.54, 1.807) is 11.1 Å². The molecular formula is C33H45N7O3. The predicted octanol–water partition coefficient (Wildman–Crippen LogP) is 6.81. The summed E-state index contributed by atoms with van der Waals surface area (Å²) in [6.07, 6.45) is 7.22. The van der Waals surface area contributed by atoms with Crippen LogP contribution in [0, 0.1) is 13.8 Å². The van der Waals surface area contributed by atoms with Crippen LogP contribution in [0.25, 0.3) is 5.69 Å². The molecule has 3 heterocycles. The minimum atomic E-state index is -0.516. The van der Waals surface area contributed by atoms with E-state index in [2.05, 4.69) is 46.5 Å². The summed E-state index contributed by atoms with van der Waals surface area (Å²) in [5.74, 6) is 1.48. The predicted molar refractivity (Wildman–Crippen MR) is 170 cm³/mol. The molecule has 1 aliphatic heterocycles. The molecular weight excluding hydrogens is 542 g/mol. The van der Waals surface area contributed by atoms with Gasteiger partial charge in [0.25, 0.3) is 0 Å². The van der Waals surface area contributed by atoms with Crippen LogP contribution >= 0.6 is 0 Å². The third kappa shape index (κ3) is 7.29. The first kappa shape index (κ1) is 30.4. The number of rotatable bonds is 5. The number of nitrogens with zero attached hydrogens (tertiary/aromatic N) is 5. The molecule has 0 spiro atoms. The molecule has 2 aromatic heterocycles. The van der Waals surface area contributed by atoms with Crippen LogP contribution in [-0.4, -0.2) is 63.6 Å². The zero-order chi connectivity index (χ0) is 30.8. The van der Waals surface area contributed by atoms with Gasteiger partial charge in [-0.05, 0) is 71.2 Å². The molecule has 43 heavy (non-hydrogen) atoms. The molecule has 2 fully saturated rings. The number of piperazine rings is 1. The van der Waals surface area contributed by atoms with E-state index >= 15 is 0 Å². The Balaban J connectivity index is 1.26. The number of pyridine rings is 1. The Morgan fingerprint density at radius 2 is 1.60 bits per heavy atom. The zero-order valence-electron chi connectivity index (χ0n) is 26.4. The van der Waals surface area contributed by atoms with Crippen molar-refractivity contribution in [1.82, 2.24) is 19.7 Å². The number of amides is 3. The second-order valence-electron chi connectivity index (χ2n) is 13.2. The Hall–Kier alpha value is -4.08. The molecule has 2 N–H and O–H groups in total. The molecule has 1 aromatic carbocycles. The van der Waals surface area contributed by atoms with Crippen molar-refractivity contribution in [3.8, 4) is 5.69 Å². The molecule has 0 unspecified atom stereocenters. The molecule has 1 saturated carbocycles. The van der Waals surface area contributed by atoms with Gasteiger partial charge in [-0.15, -0.1) is 0 Å². The van der Waals surface area contributed by atoms with E-state index in [0.717, 1.165) is 35.6 Å². The maximum absolute atomic E-state index is 13.2. The van der Waals surface area contributed by atoms with E-state index in [4.69, 9.17) is 9.84 Å². The van der Waals surface area contributed by atoms with Gasteiger partial charge in [0.2, 0.25) is 0 Å². The molecule has 230 valence electrons. The van der Waals surface area contributed by atoms with E-state index in [9.17, 15) is 9.59 Å². The first-order valence-corrected chi connectivity index (χ1v) is 15.4. The number of benzene rings is 1. The number of aryl methyl sites for hydroxylation is 2. The molecule has 2 aliphatic rings. The minimum Gasteiger partial charge on any atom is -0.444 e. The van der Waals surface area contributed by atoms with Gasteiger partial charge in [0.1, 0.15) is 17.2 Å². The average Bonchev–Trinajstić information content (AvgIpc) is 3.37. The molecule has 0 radical (unpaired) electrons. The van der Waals surface area contributed by atoms with Gasteiger partial charge in [0.05, 0.1) is 23.3 Å². The number of ether oxygens (including phenoxy) is 1. The highest BCUT2D eigenvalue weighted by Crippen LogP contribution is 2.39. The quantitative estimate of drug-likeness (QED) is 0.340. The van der Waals surface area contributed by atoms with Gasteiger partial charge in [-0.3, -0.25) is 5.32 Å². The maximum Gasteiger partial charge on any atom is 0.410 e. The number of hydrogen-bond acceptors (Lipinski definition) is 6. The van der Waals surface area contributed by atoms with Gasteiger partial charge in [-0.1, -0.05) is 43.9 Å². The van der Waals surface area contributed by atoms with Crippen LogP contribution < -0.4 is 15.5 Å². The molecule has 3 aromatic rings. The van der Waals surface area contributed by atoms with E-state index in [1.807, 2.05) is 56.6 Å². The molecule has 1 saturated heterocycles. The number of nitrogens with one attached hydrogen (secondary N) is 2. The number of aromatic nitrogens is 3. The summed E-state index contributed by atoms with van der Waals surface area (Å²) in [5, 5.41) is 11.0. The standard InChI is InChI=1S/C33H45N7O3/c1-23-10-12-26(13-11-23)40-28(21-27(37-40)33(6)14-8-7-9-15-33)36-30(41)35-25-20-24(2)29(34-22-25)38-16-18-39(19-17-38)31(42)43-32(3,4)5/h10-13,20-22H,7-9,14-19H2,1-6H3,(H2,35,36,41). The first-order valence-electron chi connectivity index (χ1n) is 15.4. The van der Waals surface area contributed by atoms with Crippen molar-refractivity contribution in [2.45, 2.75) is 84.7 Å².